The van der Waals surface area contributed by atoms with Gasteiger partial charge in [0, 0.05) is 6.54 Å². The highest BCUT2D eigenvalue weighted by Crippen LogP contribution is 2.26. The van der Waals surface area contributed by atoms with Crippen LogP contribution >= 0.6 is 0 Å². The molecule has 0 aromatic heterocycles. The zero-order valence-electron chi connectivity index (χ0n) is 19.4. The third-order valence-electron chi connectivity index (χ3n) is 5.19. The zero-order chi connectivity index (χ0) is 24.4. The van der Waals surface area contributed by atoms with E-state index in [4.69, 9.17) is 9.47 Å². The van der Waals surface area contributed by atoms with Crippen LogP contribution < -0.4 is 19.1 Å². The molecule has 0 heterocycles. The van der Waals surface area contributed by atoms with Gasteiger partial charge in [-0.25, -0.2) is 8.42 Å². The third kappa shape index (κ3) is 6.51. The number of rotatable bonds is 12. The highest BCUT2D eigenvalue weighted by atomic mass is 32.2. The van der Waals surface area contributed by atoms with E-state index in [1.54, 1.807) is 49.6 Å². The quantitative estimate of drug-likeness (QED) is 0.394. The fourth-order valence-electron chi connectivity index (χ4n) is 3.51. The van der Waals surface area contributed by atoms with Crippen molar-refractivity contribution in [2.45, 2.75) is 24.7 Å². The van der Waals surface area contributed by atoms with Gasteiger partial charge in [-0.1, -0.05) is 36.4 Å². The number of carbonyl (C=O) groups is 1. The summed E-state index contributed by atoms with van der Waals surface area (Å²) in [5.74, 6) is 1.06. The van der Waals surface area contributed by atoms with Crippen LogP contribution in [-0.2, 0) is 21.2 Å². The monoisotopic (exact) mass is 482 g/mol. The van der Waals surface area contributed by atoms with Crippen LogP contribution in [0.4, 0.5) is 5.69 Å². The van der Waals surface area contributed by atoms with E-state index >= 15 is 0 Å². The van der Waals surface area contributed by atoms with Crippen molar-refractivity contribution in [1.82, 2.24) is 5.32 Å². The number of ether oxygens (including phenoxy) is 2. The Balaban J connectivity index is 1.70. The second-order valence-electron chi connectivity index (χ2n) is 7.52. The molecule has 0 fully saturated rings. The predicted octanol–water partition coefficient (Wildman–Crippen LogP) is 4.04. The molecule has 0 aliphatic rings. The van der Waals surface area contributed by atoms with Crippen molar-refractivity contribution in [3.05, 3.63) is 84.4 Å². The molecule has 0 aliphatic carbocycles. The van der Waals surface area contributed by atoms with Crippen LogP contribution in [0.15, 0.2) is 83.8 Å². The summed E-state index contributed by atoms with van der Waals surface area (Å²) >= 11 is 0. The van der Waals surface area contributed by atoms with Crippen LogP contribution in [0.2, 0.25) is 0 Å². The van der Waals surface area contributed by atoms with Crippen LogP contribution in [0, 0.1) is 0 Å². The van der Waals surface area contributed by atoms with Gasteiger partial charge in [-0.05, 0) is 67.8 Å². The summed E-state index contributed by atoms with van der Waals surface area (Å²) in [6.45, 7) is 2.46. The number of methoxy groups -OCH3 is 1. The summed E-state index contributed by atoms with van der Waals surface area (Å²) in [5, 5.41) is 2.84. The third-order valence-corrected chi connectivity index (χ3v) is 6.98. The summed E-state index contributed by atoms with van der Waals surface area (Å²) in [4.78, 5) is 12.9. The van der Waals surface area contributed by atoms with E-state index in [2.05, 4.69) is 5.32 Å². The summed E-state index contributed by atoms with van der Waals surface area (Å²) in [7, 11) is -2.31. The van der Waals surface area contributed by atoms with E-state index in [-0.39, 0.29) is 17.3 Å². The Morgan fingerprint density at radius 1 is 0.941 bits per heavy atom. The number of para-hydroxylation sites is 1. The van der Waals surface area contributed by atoms with E-state index in [0.29, 0.717) is 31.0 Å². The number of sulfonamides is 1. The number of carbonyl (C=O) groups excluding carboxylic acids is 1. The van der Waals surface area contributed by atoms with Crippen molar-refractivity contribution in [3.63, 3.8) is 0 Å². The Bertz CT molecular complexity index is 1170. The van der Waals surface area contributed by atoms with Crippen molar-refractivity contribution >= 4 is 21.6 Å². The van der Waals surface area contributed by atoms with Gasteiger partial charge in [0.05, 0.1) is 24.3 Å². The Kier molecular flexibility index (Phi) is 8.93. The SMILES string of the molecule is CCOc1ccc(N(CC(=O)NCCCc2ccccc2OC)S(=O)(=O)c2ccccc2)cc1. The molecule has 0 saturated heterocycles. The van der Waals surface area contributed by atoms with Gasteiger partial charge in [0.2, 0.25) is 5.91 Å². The maximum atomic E-state index is 13.4. The largest absolute Gasteiger partial charge is 0.496 e. The molecule has 34 heavy (non-hydrogen) atoms. The number of aryl methyl sites for hydroxylation is 1. The van der Waals surface area contributed by atoms with Crippen molar-refractivity contribution < 1.29 is 22.7 Å². The molecule has 0 bridgehead atoms. The first-order valence-electron chi connectivity index (χ1n) is 11.1. The van der Waals surface area contributed by atoms with Gasteiger partial charge in [0.15, 0.2) is 0 Å². The van der Waals surface area contributed by atoms with Crippen molar-refractivity contribution in [1.29, 1.82) is 0 Å². The Hall–Kier alpha value is -3.52. The molecule has 180 valence electrons. The molecule has 3 aromatic carbocycles. The first-order chi connectivity index (χ1) is 16.5. The van der Waals surface area contributed by atoms with Gasteiger partial charge >= 0.3 is 0 Å². The molecule has 0 spiro atoms. The van der Waals surface area contributed by atoms with E-state index in [9.17, 15) is 13.2 Å². The Labute approximate surface area is 201 Å². The molecule has 0 radical (unpaired) electrons. The summed E-state index contributed by atoms with van der Waals surface area (Å²) in [5.41, 5.74) is 1.44. The highest BCUT2D eigenvalue weighted by molar-refractivity contribution is 7.92. The van der Waals surface area contributed by atoms with E-state index < -0.39 is 10.0 Å². The lowest BCUT2D eigenvalue weighted by Crippen LogP contribution is -2.41. The molecule has 0 unspecified atom stereocenters. The maximum Gasteiger partial charge on any atom is 0.264 e. The number of benzene rings is 3. The minimum atomic E-state index is -3.94. The lowest BCUT2D eigenvalue weighted by molar-refractivity contribution is -0.119. The molecule has 3 rings (SSSR count). The summed E-state index contributed by atoms with van der Waals surface area (Å²) < 4.78 is 38.7. The number of anilines is 1. The van der Waals surface area contributed by atoms with Crippen LogP contribution in [0.1, 0.15) is 18.9 Å². The standard InChI is InChI=1S/C26H30N2O5S/c1-3-33-23-17-15-22(16-18-23)28(34(30,31)24-12-5-4-6-13-24)20-26(29)27-19-9-11-21-10-7-8-14-25(21)32-2/h4-8,10,12-18H,3,9,11,19-20H2,1-2H3,(H,27,29). The number of hydrogen-bond acceptors (Lipinski definition) is 5. The van der Waals surface area contributed by atoms with Crippen LogP contribution in [0.5, 0.6) is 11.5 Å². The minimum Gasteiger partial charge on any atom is -0.496 e. The predicted molar refractivity (Wildman–Crippen MR) is 133 cm³/mol. The first-order valence-corrected chi connectivity index (χ1v) is 12.6. The van der Waals surface area contributed by atoms with Gasteiger partial charge in [-0.3, -0.25) is 9.10 Å². The summed E-state index contributed by atoms with van der Waals surface area (Å²) in [6, 6.07) is 22.5. The minimum absolute atomic E-state index is 0.118. The molecule has 7 nitrogen and oxygen atoms in total. The van der Waals surface area contributed by atoms with Crippen molar-refractivity contribution in [2.75, 3.05) is 31.1 Å². The molecule has 0 saturated carbocycles. The molecular formula is C26H30N2O5S. The average Bonchev–Trinajstić information content (AvgIpc) is 2.86. The van der Waals surface area contributed by atoms with Gasteiger partial charge < -0.3 is 14.8 Å². The summed E-state index contributed by atoms with van der Waals surface area (Å²) in [6.07, 6.45) is 1.43. The molecule has 1 amide bonds. The fraction of sp³-hybridized carbons (Fsp3) is 0.269. The van der Waals surface area contributed by atoms with Gasteiger partial charge in [-0.15, -0.1) is 0 Å². The Morgan fingerprint density at radius 3 is 2.29 bits per heavy atom. The zero-order valence-corrected chi connectivity index (χ0v) is 20.3. The van der Waals surface area contributed by atoms with Crippen LogP contribution in [-0.4, -0.2) is 41.1 Å². The first kappa shape index (κ1) is 25.1. The topological polar surface area (TPSA) is 84.9 Å². The van der Waals surface area contributed by atoms with Crippen molar-refractivity contribution in [2.24, 2.45) is 0 Å². The molecule has 0 atom stereocenters. The van der Waals surface area contributed by atoms with E-state index in [1.165, 1.54) is 12.1 Å². The molecule has 0 aliphatic heterocycles. The highest BCUT2D eigenvalue weighted by Gasteiger charge is 2.27. The normalized spacial score (nSPS) is 11.0. The maximum absolute atomic E-state index is 13.4. The van der Waals surface area contributed by atoms with Gasteiger partial charge in [0.1, 0.15) is 18.0 Å². The second kappa shape index (κ2) is 12.1. The average molecular weight is 483 g/mol. The number of nitrogens with one attached hydrogen (secondary N) is 1. The molecule has 1 N–H and O–H groups in total. The van der Waals surface area contributed by atoms with E-state index in [1.807, 2.05) is 31.2 Å². The Morgan fingerprint density at radius 2 is 1.62 bits per heavy atom. The fourth-order valence-corrected chi connectivity index (χ4v) is 4.95. The molecular weight excluding hydrogens is 452 g/mol. The number of nitrogens with zero attached hydrogens (tertiary/aromatic N) is 1. The van der Waals surface area contributed by atoms with E-state index in [0.717, 1.165) is 22.0 Å². The van der Waals surface area contributed by atoms with Gasteiger partial charge in [0.25, 0.3) is 10.0 Å². The molecule has 8 heteroatoms. The van der Waals surface area contributed by atoms with Crippen LogP contribution in [0.25, 0.3) is 0 Å². The number of hydrogen-bond donors (Lipinski definition) is 1. The number of amides is 1. The smallest absolute Gasteiger partial charge is 0.264 e. The van der Waals surface area contributed by atoms with Crippen LogP contribution in [0.3, 0.4) is 0 Å². The molecule has 3 aromatic rings. The lowest BCUT2D eigenvalue weighted by atomic mass is 10.1. The lowest BCUT2D eigenvalue weighted by Gasteiger charge is -2.24. The van der Waals surface area contributed by atoms with Crippen molar-refractivity contribution in [3.8, 4) is 11.5 Å². The second-order valence-corrected chi connectivity index (χ2v) is 9.38. The van der Waals surface area contributed by atoms with Gasteiger partial charge in [-0.2, -0.15) is 0 Å².